The highest BCUT2D eigenvalue weighted by Crippen LogP contribution is 2.53. The summed E-state index contributed by atoms with van der Waals surface area (Å²) in [7, 11) is 5.62. The number of Topliss-reactive ketones (excluding diaryl/α,β-unsaturated/α-hetero) is 1. The Bertz CT molecular complexity index is 3470. The third-order valence-electron chi connectivity index (χ3n) is 18.5. The van der Waals surface area contributed by atoms with Crippen LogP contribution in [0.4, 0.5) is 20.1 Å². The number of anilines is 1. The Balaban J connectivity index is 0.766. The van der Waals surface area contributed by atoms with Crippen LogP contribution in [0.25, 0.3) is 0 Å². The Labute approximate surface area is 566 Å². The van der Waals surface area contributed by atoms with Crippen LogP contribution in [0.2, 0.25) is 0 Å². The minimum absolute atomic E-state index is 0.0170. The number of morpholine rings is 1. The molecule has 0 radical (unpaired) electrons. The fraction of sp³-hybridized carbons (Fsp3) is 0.576. The Kier molecular flexibility index (Phi) is 24.2. The van der Waals surface area contributed by atoms with Gasteiger partial charge in [0.2, 0.25) is 35.2 Å². The predicted molar refractivity (Wildman–Crippen MR) is 346 cm³/mol. The highest BCUT2D eigenvalue weighted by atomic mass is 32.1. The summed E-state index contributed by atoms with van der Waals surface area (Å²) in [4.78, 5) is 137. The van der Waals surface area contributed by atoms with Crippen molar-refractivity contribution in [3.05, 3.63) is 81.4 Å². The van der Waals surface area contributed by atoms with Gasteiger partial charge in [-0.15, -0.1) is 0 Å². The quantitative estimate of drug-likeness (QED) is 0.0163. The number of ketones is 3. The van der Waals surface area contributed by atoms with E-state index in [9.17, 15) is 63.3 Å². The van der Waals surface area contributed by atoms with Crippen LogP contribution < -0.4 is 31.7 Å². The zero-order valence-corrected chi connectivity index (χ0v) is 56.2. The molecule has 0 saturated carbocycles. The van der Waals surface area contributed by atoms with E-state index in [0.717, 1.165) is 4.90 Å². The number of amides is 8. The van der Waals surface area contributed by atoms with Crippen LogP contribution in [-0.2, 0) is 70.2 Å². The highest BCUT2D eigenvalue weighted by molar-refractivity contribution is 7.81. The molecule has 97 heavy (non-hydrogen) atoms. The van der Waals surface area contributed by atoms with Gasteiger partial charge in [0, 0.05) is 127 Å². The Morgan fingerprint density at radius 2 is 1.60 bits per heavy atom. The van der Waals surface area contributed by atoms with Gasteiger partial charge in [-0.25, -0.2) is 14.4 Å². The normalized spacial score (nSPS) is 24.0. The Morgan fingerprint density at radius 3 is 2.27 bits per heavy atom. The smallest absolute Gasteiger partial charge is 0.409 e. The first kappa shape index (κ1) is 73.2. The number of fused-ring (bicyclic) bond motifs is 6. The summed E-state index contributed by atoms with van der Waals surface area (Å²) < 4.78 is 47.0. The van der Waals surface area contributed by atoms with Gasteiger partial charge >= 0.3 is 18.2 Å². The number of carbonyl (C=O) groups excluding carboxylic acids is 10. The summed E-state index contributed by atoms with van der Waals surface area (Å²) in [6.07, 6.45) is -4.95. The minimum atomic E-state index is -2.48. The van der Waals surface area contributed by atoms with E-state index in [1.54, 1.807) is 31.2 Å². The third-order valence-corrected chi connectivity index (χ3v) is 18.9. The molecule has 4 fully saturated rings. The number of benzene rings is 3. The molecule has 0 spiro atoms. The van der Waals surface area contributed by atoms with E-state index >= 15 is 0 Å². The van der Waals surface area contributed by atoms with E-state index < -0.39 is 132 Å². The molecule has 6 aliphatic rings. The first-order chi connectivity index (χ1) is 46.2. The molecule has 30 nitrogen and oxygen atoms in total. The number of aromatic hydroxyl groups is 2. The molecular weight excluding hydrogens is 1290 g/mol. The Morgan fingerprint density at radius 1 is 0.887 bits per heavy atom. The molecule has 3 aromatic rings. The molecule has 4 heterocycles. The van der Waals surface area contributed by atoms with Gasteiger partial charge in [-0.3, -0.25) is 43.4 Å². The number of primary amides is 1. The number of hydrogen-bond donors (Lipinski definition) is 9. The maximum atomic E-state index is 14.3. The van der Waals surface area contributed by atoms with Crippen molar-refractivity contribution in [1.29, 1.82) is 0 Å². The van der Waals surface area contributed by atoms with Gasteiger partial charge in [0.15, 0.2) is 31.2 Å². The van der Waals surface area contributed by atoms with E-state index in [1.165, 1.54) is 56.3 Å². The standard InChI is InChI=1S/C66H87N9O21S/c1-34(2)41(71-47(77)16-9-8-10-22-75-48(78)28-45(97)60(75)84)31-69-40(14-12-21-68-63(67)85)59(83)70-37-19-17-36(18-20-37)32-92-64(86)72(4)23-24-73(5)65(87)93-33-46(76)66(88)29-39-51(57(82)53-52(55(39)80)54(79)38-13-11-15-43(89-6)50(38)56(53)81)44(30-66)95-49-27-42-58(35(3)94-49)96-61-62(90-7)91-26-25-74(42)61/h11,13,15,17-20,34-35,40-42,44-45,49,58,61-62,69,80,82,88,97H,8-10,12,14,16,21-33H2,1-7H3,(H,70,83)(H,71,77)(H3,67,68,85)/t35-,40-,41+,42-,44-,45?,49-,58+,61+,62-,66-/m0/s1. The number of methoxy groups -OCH3 is 2. The molecule has 3 aromatic carbocycles. The van der Waals surface area contributed by atoms with Crippen molar-refractivity contribution < 1.29 is 101 Å². The molecule has 528 valence electrons. The molecule has 4 saturated heterocycles. The maximum Gasteiger partial charge on any atom is 0.409 e. The summed E-state index contributed by atoms with van der Waals surface area (Å²) in [5.74, 6) is -5.25. The fourth-order valence-corrected chi connectivity index (χ4v) is 13.3. The number of likely N-dealkylation sites (tertiary alicyclic amines) is 1. The zero-order valence-electron chi connectivity index (χ0n) is 55.3. The lowest BCUT2D eigenvalue weighted by atomic mass is 9.72. The second kappa shape index (κ2) is 32.1. The van der Waals surface area contributed by atoms with Crippen molar-refractivity contribution in [2.24, 2.45) is 11.7 Å². The Hall–Kier alpha value is -8.01. The number of rotatable bonds is 29. The van der Waals surface area contributed by atoms with Crippen LogP contribution in [0.3, 0.4) is 0 Å². The van der Waals surface area contributed by atoms with Gasteiger partial charge in [-0.05, 0) is 62.3 Å². The first-order valence-corrected chi connectivity index (χ1v) is 33.0. The van der Waals surface area contributed by atoms with Crippen molar-refractivity contribution in [3.8, 4) is 17.2 Å². The third kappa shape index (κ3) is 16.8. The molecule has 8 amide bonds. The lowest BCUT2D eigenvalue weighted by molar-refractivity contribution is -0.256. The summed E-state index contributed by atoms with van der Waals surface area (Å²) in [5, 5.41) is 47.8. The van der Waals surface area contributed by atoms with E-state index in [-0.39, 0.29) is 128 Å². The van der Waals surface area contributed by atoms with Gasteiger partial charge < -0.3 is 90.0 Å². The number of hydrogen-bond acceptors (Lipinski definition) is 24. The van der Waals surface area contributed by atoms with Crippen LogP contribution in [-0.4, -0.2) is 235 Å². The molecule has 0 aromatic heterocycles. The SMILES string of the molecule is COc1cccc2c1C(=O)c1c(O)c3c(c(O)c1C2=O)C[C@@](O)(C(=O)COC(=O)N(C)CCN(C)C(=O)OCc1ccc(NC(=O)[C@H](CCCNC(N)=O)NC[C@@H](NC(=O)CCCCCN2C(=O)CC(S)C2=O)C(C)C)cc1)C[C@@H]3O[C@H]1C[C@H]2[C@H](O[C@@H]3[C@@H](OC)OCCN32)[C@H](C)O1. The number of carbonyl (C=O) groups is 10. The highest BCUT2D eigenvalue weighted by Gasteiger charge is 2.55. The summed E-state index contributed by atoms with van der Waals surface area (Å²) in [6.45, 7) is 5.93. The van der Waals surface area contributed by atoms with E-state index in [4.69, 9.17) is 43.6 Å². The van der Waals surface area contributed by atoms with Crippen molar-refractivity contribution in [1.82, 2.24) is 35.6 Å². The molecule has 9 N–H and O–H groups in total. The van der Waals surface area contributed by atoms with Gasteiger partial charge in [0.1, 0.15) is 35.6 Å². The predicted octanol–water partition coefficient (Wildman–Crippen LogP) is 3.16. The van der Waals surface area contributed by atoms with E-state index in [2.05, 4.69) is 38.8 Å². The lowest BCUT2D eigenvalue weighted by Gasteiger charge is -2.43. The summed E-state index contributed by atoms with van der Waals surface area (Å²) >= 11 is 4.15. The number of phenolic OH excluding ortho intramolecular Hbond substituents is 2. The number of imide groups is 1. The first-order valence-electron chi connectivity index (χ1n) is 32.5. The van der Waals surface area contributed by atoms with Gasteiger partial charge in [0.05, 0.1) is 53.9 Å². The van der Waals surface area contributed by atoms with Crippen molar-refractivity contribution in [2.45, 2.75) is 158 Å². The monoisotopic (exact) mass is 1370 g/mol. The van der Waals surface area contributed by atoms with Crippen LogP contribution in [0.1, 0.15) is 133 Å². The second-order valence-electron chi connectivity index (χ2n) is 25.5. The second-order valence-corrected chi connectivity index (χ2v) is 26.1. The number of aliphatic hydroxyl groups is 1. The van der Waals surface area contributed by atoms with E-state index in [0.29, 0.717) is 56.5 Å². The number of nitrogens with zero attached hydrogens (tertiary/aromatic N) is 4. The molecular formula is C66H87N9O21S. The number of urea groups is 1. The molecule has 11 atom stereocenters. The van der Waals surface area contributed by atoms with Crippen LogP contribution >= 0.6 is 12.6 Å². The molecule has 31 heteroatoms. The van der Waals surface area contributed by atoms with Crippen molar-refractivity contribution in [2.75, 3.05) is 86.1 Å². The number of unbranched alkanes of at least 4 members (excludes halogenated alkanes) is 2. The topological polar surface area (TPSA) is 392 Å². The van der Waals surface area contributed by atoms with E-state index in [1.807, 2.05) is 13.8 Å². The molecule has 4 aliphatic heterocycles. The number of ether oxygens (including phenoxy) is 8. The minimum Gasteiger partial charge on any atom is -0.507 e. The molecule has 1 unspecified atom stereocenters. The average molecular weight is 1370 g/mol. The number of phenols is 2. The number of nitrogens with two attached hydrogens (primary N) is 1. The molecule has 2 aliphatic carbocycles. The van der Waals surface area contributed by atoms with Crippen LogP contribution in [0.5, 0.6) is 17.2 Å². The maximum absolute atomic E-state index is 14.3. The average Bonchev–Trinajstić information content (AvgIpc) is 1.29. The zero-order chi connectivity index (χ0) is 70.2. The summed E-state index contributed by atoms with van der Waals surface area (Å²) in [5.41, 5.74) is 2.03. The number of thiol groups is 1. The van der Waals surface area contributed by atoms with Gasteiger partial charge in [-0.2, -0.15) is 12.6 Å². The van der Waals surface area contributed by atoms with Crippen molar-refractivity contribution in [3.63, 3.8) is 0 Å². The summed E-state index contributed by atoms with van der Waals surface area (Å²) in [6, 6.07) is 8.79. The molecule has 0 bridgehead atoms. The van der Waals surface area contributed by atoms with Crippen LogP contribution in [0.15, 0.2) is 42.5 Å². The van der Waals surface area contributed by atoms with Crippen molar-refractivity contribution >= 4 is 77.5 Å². The lowest BCUT2D eigenvalue weighted by Crippen LogP contribution is -2.55. The fourth-order valence-electron chi connectivity index (χ4n) is 13.0. The number of nitrogens with one attached hydrogen (secondary N) is 4. The number of likely N-dealkylation sites (N-methyl/N-ethyl adjacent to an activating group) is 2. The van der Waals surface area contributed by atoms with Gasteiger partial charge in [0.25, 0.3) is 0 Å². The largest absolute Gasteiger partial charge is 0.507 e. The molecule has 9 rings (SSSR count). The van der Waals surface area contributed by atoms with Crippen LogP contribution in [0, 0.1) is 5.92 Å². The van der Waals surface area contributed by atoms with Gasteiger partial charge in [-0.1, -0.05) is 44.5 Å².